The highest BCUT2D eigenvalue weighted by Crippen LogP contribution is 2.27. The number of rotatable bonds is 12. The van der Waals surface area contributed by atoms with Gasteiger partial charge in [-0.25, -0.2) is 0 Å². The number of amides is 1. The molecule has 1 amide bonds. The fourth-order valence-corrected chi connectivity index (χ4v) is 3.12. The summed E-state index contributed by atoms with van der Waals surface area (Å²) in [6.45, 7) is 2.54. The Balaban J connectivity index is 1.60. The molecule has 0 fully saturated rings. The lowest BCUT2D eigenvalue weighted by Crippen LogP contribution is -2.28. The minimum atomic E-state index is 0.0354. The van der Waals surface area contributed by atoms with E-state index < -0.39 is 0 Å². The molecule has 0 bridgehead atoms. The number of nitrogens with one attached hydrogen (secondary N) is 1. The van der Waals surface area contributed by atoms with Gasteiger partial charge in [-0.15, -0.1) is 0 Å². The molecule has 2 rings (SSSR count). The van der Waals surface area contributed by atoms with Crippen LogP contribution in [0.4, 0.5) is 0 Å². The van der Waals surface area contributed by atoms with Gasteiger partial charge in [-0.2, -0.15) is 0 Å². The molecule has 5 nitrogen and oxygen atoms in total. The van der Waals surface area contributed by atoms with Gasteiger partial charge in [0.1, 0.15) is 0 Å². The molecule has 6 heteroatoms. The van der Waals surface area contributed by atoms with E-state index in [4.69, 9.17) is 21.1 Å². The molecule has 1 N–H and O–H groups in total. The van der Waals surface area contributed by atoms with E-state index in [9.17, 15) is 4.79 Å². The third kappa shape index (κ3) is 8.47. The van der Waals surface area contributed by atoms with E-state index in [0.717, 1.165) is 43.0 Å². The third-order valence-electron chi connectivity index (χ3n) is 4.75. The van der Waals surface area contributed by atoms with Gasteiger partial charge in [0.15, 0.2) is 11.5 Å². The van der Waals surface area contributed by atoms with E-state index >= 15 is 0 Å². The van der Waals surface area contributed by atoms with Crippen LogP contribution in [0.1, 0.15) is 24.0 Å². The van der Waals surface area contributed by atoms with Gasteiger partial charge in [-0.3, -0.25) is 4.79 Å². The van der Waals surface area contributed by atoms with Crippen LogP contribution in [0.15, 0.2) is 48.5 Å². The summed E-state index contributed by atoms with van der Waals surface area (Å²) in [7, 11) is 5.38. The summed E-state index contributed by atoms with van der Waals surface area (Å²) in [5.74, 6) is 1.53. The van der Waals surface area contributed by atoms with Crippen LogP contribution in [0, 0.1) is 0 Å². The van der Waals surface area contributed by atoms with Gasteiger partial charge in [0.25, 0.3) is 0 Å². The number of ether oxygens (including phenoxy) is 2. The normalized spacial score (nSPS) is 11.1. The monoisotopic (exact) mass is 430 g/mol. The number of hydrogen-bond acceptors (Lipinski definition) is 4. The maximum Gasteiger partial charge on any atom is 0.223 e. The lowest BCUT2D eigenvalue weighted by Gasteiger charge is -2.17. The zero-order valence-electron chi connectivity index (χ0n) is 18.0. The van der Waals surface area contributed by atoms with Crippen LogP contribution in [-0.4, -0.2) is 51.7 Å². The first kappa shape index (κ1) is 23.8. The summed E-state index contributed by atoms with van der Waals surface area (Å²) in [4.78, 5) is 14.2. The summed E-state index contributed by atoms with van der Waals surface area (Å²) < 4.78 is 10.6. The van der Waals surface area contributed by atoms with E-state index in [2.05, 4.69) is 23.3 Å². The van der Waals surface area contributed by atoms with Gasteiger partial charge < -0.3 is 19.7 Å². The van der Waals surface area contributed by atoms with Gasteiger partial charge in [0, 0.05) is 24.5 Å². The molecule has 0 spiro atoms. The highest BCUT2D eigenvalue weighted by atomic mass is 35.5. The molecule has 0 unspecified atom stereocenters. The Kier molecular flexibility index (Phi) is 10.3. The summed E-state index contributed by atoms with van der Waals surface area (Å²) in [5.41, 5.74) is 2.24. The smallest absolute Gasteiger partial charge is 0.223 e. The van der Waals surface area contributed by atoms with E-state index in [0.29, 0.717) is 18.0 Å². The van der Waals surface area contributed by atoms with Gasteiger partial charge in [-0.05, 0) is 61.8 Å². The highest BCUT2D eigenvalue weighted by Gasteiger charge is 2.06. The number of nitrogens with zero attached hydrogens (tertiary/aromatic N) is 1. The molecular weight excluding hydrogens is 400 g/mol. The molecular formula is C24H31ClN2O3. The number of carbonyl (C=O) groups excluding carboxylic acids is 1. The molecule has 0 radical (unpaired) electrons. The second-order valence-electron chi connectivity index (χ2n) is 7.10. The predicted molar refractivity (Wildman–Crippen MR) is 123 cm³/mol. The Hall–Kier alpha value is -2.50. The minimum absolute atomic E-state index is 0.0354. The van der Waals surface area contributed by atoms with Crippen molar-refractivity contribution >= 4 is 23.6 Å². The minimum Gasteiger partial charge on any atom is -0.493 e. The largest absolute Gasteiger partial charge is 0.493 e. The zero-order valence-corrected chi connectivity index (χ0v) is 18.7. The second-order valence-corrected chi connectivity index (χ2v) is 7.54. The van der Waals surface area contributed by atoms with Crippen LogP contribution in [-0.2, 0) is 11.2 Å². The highest BCUT2D eigenvalue weighted by molar-refractivity contribution is 6.30. The standard InChI is InChI=1S/C24H31ClN2O3/c1-27(17-14-20-10-13-22(29-2)23(18-20)30-3)16-5-15-26-24(28)7-4-6-19-8-11-21(25)12-9-19/h4,6,8-13,18H,5,7,14-17H2,1-3H3,(H,26,28)/b6-4+. The zero-order chi connectivity index (χ0) is 21.8. The fraction of sp³-hybridized carbons (Fsp3) is 0.375. The van der Waals surface area contributed by atoms with E-state index in [1.165, 1.54) is 5.56 Å². The SMILES string of the molecule is COc1ccc(CCN(C)CCCNC(=O)C/C=C/c2ccc(Cl)cc2)cc1OC. The summed E-state index contributed by atoms with van der Waals surface area (Å²) in [6.07, 6.45) is 6.01. The Morgan fingerprint density at radius 1 is 1.07 bits per heavy atom. The number of methoxy groups -OCH3 is 2. The Morgan fingerprint density at radius 2 is 1.80 bits per heavy atom. The van der Waals surface area contributed by atoms with Crippen molar-refractivity contribution < 1.29 is 14.3 Å². The van der Waals surface area contributed by atoms with Gasteiger partial charge in [0.2, 0.25) is 5.91 Å². The summed E-state index contributed by atoms with van der Waals surface area (Å²) in [5, 5.41) is 3.67. The molecule has 0 saturated heterocycles. The maximum absolute atomic E-state index is 11.9. The molecule has 162 valence electrons. The molecule has 2 aromatic carbocycles. The predicted octanol–water partition coefficient (Wildman–Crippen LogP) is 4.44. The average Bonchev–Trinajstić information content (AvgIpc) is 2.76. The van der Waals surface area contributed by atoms with Crippen LogP contribution < -0.4 is 14.8 Å². The number of halogens is 1. The molecule has 0 aromatic heterocycles. The van der Waals surface area contributed by atoms with Crippen LogP contribution in [0.5, 0.6) is 11.5 Å². The molecule has 30 heavy (non-hydrogen) atoms. The van der Waals surface area contributed by atoms with Crippen LogP contribution in [0.3, 0.4) is 0 Å². The fourth-order valence-electron chi connectivity index (χ4n) is 2.99. The molecule has 0 aliphatic rings. The van der Waals surface area contributed by atoms with Gasteiger partial charge in [0.05, 0.1) is 14.2 Å². The van der Waals surface area contributed by atoms with Crippen LogP contribution in [0.25, 0.3) is 6.08 Å². The molecule has 0 aliphatic heterocycles. The maximum atomic E-state index is 11.9. The van der Waals surface area contributed by atoms with Crippen molar-refractivity contribution in [2.75, 3.05) is 40.9 Å². The van der Waals surface area contributed by atoms with E-state index in [-0.39, 0.29) is 5.91 Å². The molecule has 0 atom stereocenters. The Morgan fingerprint density at radius 3 is 2.50 bits per heavy atom. The first-order valence-corrected chi connectivity index (χ1v) is 10.5. The molecule has 0 heterocycles. The van der Waals surface area contributed by atoms with Gasteiger partial charge in [-0.1, -0.05) is 42.0 Å². The van der Waals surface area contributed by atoms with Crippen LogP contribution >= 0.6 is 11.6 Å². The number of benzene rings is 2. The van der Waals surface area contributed by atoms with Crippen molar-refractivity contribution in [2.24, 2.45) is 0 Å². The number of hydrogen-bond donors (Lipinski definition) is 1. The molecule has 2 aromatic rings. The van der Waals surface area contributed by atoms with Gasteiger partial charge >= 0.3 is 0 Å². The lowest BCUT2D eigenvalue weighted by molar-refractivity contribution is -0.120. The quantitative estimate of drug-likeness (QED) is 0.506. The van der Waals surface area contributed by atoms with Crippen molar-refractivity contribution in [1.29, 1.82) is 0 Å². The van der Waals surface area contributed by atoms with E-state index in [1.807, 2.05) is 48.6 Å². The second kappa shape index (κ2) is 12.9. The third-order valence-corrected chi connectivity index (χ3v) is 5.00. The topological polar surface area (TPSA) is 50.8 Å². The number of carbonyl (C=O) groups is 1. The summed E-state index contributed by atoms with van der Waals surface area (Å²) in [6, 6.07) is 13.5. The van der Waals surface area contributed by atoms with Crippen molar-refractivity contribution in [3.8, 4) is 11.5 Å². The van der Waals surface area contributed by atoms with Crippen molar-refractivity contribution in [3.63, 3.8) is 0 Å². The van der Waals surface area contributed by atoms with Crippen molar-refractivity contribution in [1.82, 2.24) is 10.2 Å². The first-order valence-electron chi connectivity index (χ1n) is 10.1. The van der Waals surface area contributed by atoms with Crippen LogP contribution in [0.2, 0.25) is 5.02 Å². The Bertz CT molecular complexity index is 822. The van der Waals surface area contributed by atoms with Crippen molar-refractivity contribution in [3.05, 3.63) is 64.7 Å². The average molecular weight is 431 g/mol. The number of likely N-dealkylation sites (N-methyl/N-ethyl adjacent to an activating group) is 1. The molecule has 0 saturated carbocycles. The Labute approximate surface area is 184 Å². The molecule has 0 aliphatic carbocycles. The first-order chi connectivity index (χ1) is 14.5. The lowest BCUT2D eigenvalue weighted by atomic mass is 10.1. The van der Waals surface area contributed by atoms with E-state index in [1.54, 1.807) is 14.2 Å². The summed E-state index contributed by atoms with van der Waals surface area (Å²) >= 11 is 5.86. The van der Waals surface area contributed by atoms with Crippen molar-refractivity contribution in [2.45, 2.75) is 19.3 Å².